The summed E-state index contributed by atoms with van der Waals surface area (Å²) in [7, 11) is 0. The molecule has 4 heteroatoms. The standard InChI is InChI=1S/C13H15ClN2S/c1-8(2)12-7-15-13(17)16(12)11-6-10(14)5-4-9(11)3/h4-8H,1-3H3,(H,15,17). The summed E-state index contributed by atoms with van der Waals surface area (Å²) in [6, 6.07) is 5.86. The number of hydrogen-bond acceptors (Lipinski definition) is 1. The summed E-state index contributed by atoms with van der Waals surface area (Å²) in [5.74, 6) is 0.404. The highest BCUT2D eigenvalue weighted by atomic mass is 35.5. The first-order chi connectivity index (χ1) is 8.00. The van der Waals surface area contributed by atoms with Gasteiger partial charge < -0.3 is 4.98 Å². The third-order valence-electron chi connectivity index (χ3n) is 2.81. The Morgan fingerprint density at radius 1 is 1.35 bits per heavy atom. The molecule has 1 aromatic heterocycles. The highest BCUT2D eigenvalue weighted by molar-refractivity contribution is 7.71. The van der Waals surface area contributed by atoms with E-state index in [0.717, 1.165) is 16.3 Å². The van der Waals surface area contributed by atoms with Crippen LogP contribution in [0.2, 0.25) is 5.02 Å². The molecule has 0 saturated heterocycles. The van der Waals surface area contributed by atoms with Crippen molar-refractivity contribution in [2.75, 3.05) is 0 Å². The number of aromatic amines is 1. The summed E-state index contributed by atoms with van der Waals surface area (Å²) >= 11 is 11.4. The lowest BCUT2D eigenvalue weighted by atomic mass is 10.1. The van der Waals surface area contributed by atoms with Crippen LogP contribution in [0.3, 0.4) is 0 Å². The third-order valence-corrected chi connectivity index (χ3v) is 3.34. The molecule has 0 aliphatic rings. The zero-order valence-electron chi connectivity index (χ0n) is 10.1. The first-order valence-corrected chi connectivity index (χ1v) is 6.36. The zero-order valence-corrected chi connectivity index (χ0v) is 11.7. The van der Waals surface area contributed by atoms with E-state index in [-0.39, 0.29) is 0 Å². The van der Waals surface area contributed by atoms with Crippen LogP contribution in [0.1, 0.15) is 31.0 Å². The summed E-state index contributed by atoms with van der Waals surface area (Å²) in [6.45, 7) is 6.35. The van der Waals surface area contributed by atoms with Gasteiger partial charge in [0.2, 0.25) is 0 Å². The third kappa shape index (κ3) is 2.31. The average molecular weight is 267 g/mol. The van der Waals surface area contributed by atoms with E-state index in [9.17, 15) is 0 Å². The Balaban J connectivity index is 2.72. The van der Waals surface area contributed by atoms with Gasteiger partial charge in [-0.05, 0) is 42.8 Å². The van der Waals surface area contributed by atoms with E-state index in [1.54, 1.807) is 0 Å². The summed E-state index contributed by atoms with van der Waals surface area (Å²) in [4.78, 5) is 3.10. The summed E-state index contributed by atoms with van der Waals surface area (Å²) in [5, 5.41) is 0.725. The van der Waals surface area contributed by atoms with Crippen molar-refractivity contribution in [1.82, 2.24) is 9.55 Å². The minimum Gasteiger partial charge on any atom is -0.337 e. The van der Waals surface area contributed by atoms with Crippen molar-refractivity contribution in [2.45, 2.75) is 26.7 Å². The lowest BCUT2D eigenvalue weighted by Crippen LogP contribution is -2.03. The Bertz CT molecular complexity index is 596. The molecule has 1 heterocycles. The molecule has 0 unspecified atom stereocenters. The van der Waals surface area contributed by atoms with Crippen molar-refractivity contribution in [2.24, 2.45) is 0 Å². The van der Waals surface area contributed by atoms with Gasteiger partial charge in [-0.15, -0.1) is 0 Å². The molecule has 2 nitrogen and oxygen atoms in total. The van der Waals surface area contributed by atoms with Crippen LogP contribution in [-0.4, -0.2) is 9.55 Å². The van der Waals surface area contributed by atoms with Gasteiger partial charge >= 0.3 is 0 Å². The van der Waals surface area contributed by atoms with Gasteiger partial charge in [-0.1, -0.05) is 31.5 Å². The van der Waals surface area contributed by atoms with Gasteiger partial charge in [0.15, 0.2) is 4.77 Å². The van der Waals surface area contributed by atoms with E-state index in [2.05, 4.69) is 30.3 Å². The normalized spacial score (nSPS) is 11.1. The molecule has 0 spiro atoms. The highest BCUT2D eigenvalue weighted by Gasteiger charge is 2.11. The zero-order chi connectivity index (χ0) is 12.6. The minimum atomic E-state index is 0.404. The fourth-order valence-electron chi connectivity index (χ4n) is 1.88. The molecular weight excluding hydrogens is 252 g/mol. The van der Waals surface area contributed by atoms with Crippen molar-refractivity contribution < 1.29 is 0 Å². The summed E-state index contributed by atoms with van der Waals surface area (Å²) in [6.07, 6.45) is 1.97. The maximum absolute atomic E-state index is 6.06. The number of benzene rings is 1. The summed E-state index contributed by atoms with van der Waals surface area (Å²) < 4.78 is 2.76. The Labute approximate surface area is 111 Å². The van der Waals surface area contributed by atoms with E-state index in [4.69, 9.17) is 23.8 Å². The first-order valence-electron chi connectivity index (χ1n) is 5.57. The van der Waals surface area contributed by atoms with Crippen molar-refractivity contribution in [3.05, 3.63) is 45.4 Å². The average Bonchev–Trinajstić information content (AvgIpc) is 2.64. The number of nitrogens with zero attached hydrogens (tertiary/aromatic N) is 1. The molecule has 0 bridgehead atoms. The van der Waals surface area contributed by atoms with Crippen LogP contribution in [0.15, 0.2) is 24.4 Å². The lowest BCUT2D eigenvalue weighted by molar-refractivity contribution is 0.781. The molecular formula is C13H15ClN2S. The molecule has 0 fully saturated rings. The first kappa shape index (κ1) is 12.4. The molecule has 1 N–H and O–H groups in total. The van der Waals surface area contributed by atoms with Crippen LogP contribution in [0.4, 0.5) is 0 Å². The Morgan fingerprint density at radius 2 is 2.06 bits per heavy atom. The Hall–Kier alpha value is -1.06. The number of H-pyrrole nitrogens is 1. The number of nitrogens with one attached hydrogen (secondary N) is 1. The second kappa shape index (κ2) is 4.67. The molecule has 0 saturated carbocycles. The SMILES string of the molecule is Cc1ccc(Cl)cc1-n1c(C(C)C)c[nH]c1=S. The van der Waals surface area contributed by atoms with Crippen LogP contribution in [0, 0.1) is 11.7 Å². The van der Waals surface area contributed by atoms with Gasteiger partial charge in [0.1, 0.15) is 0 Å². The number of imidazole rings is 1. The van der Waals surface area contributed by atoms with Gasteiger partial charge in [-0.2, -0.15) is 0 Å². The predicted molar refractivity (Wildman–Crippen MR) is 74.8 cm³/mol. The quantitative estimate of drug-likeness (QED) is 0.787. The second-order valence-corrected chi connectivity index (χ2v) is 5.26. The number of hydrogen-bond donors (Lipinski definition) is 1. The van der Waals surface area contributed by atoms with Crippen LogP contribution in [0.25, 0.3) is 5.69 Å². The monoisotopic (exact) mass is 266 g/mol. The maximum atomic E-state index is 6.06. The lowest BCUT2D eigenvalue weighted by Gasteiger charge is -2.13. The smallest absolute Gasteiger partial charge is 0.182 e. The minimum absolute atomic E-state index is 0.404. The number of rotatable bonds is 2. The van der Waals surface area contributed by atoms with Crippen LogP contribution < -0.4 is 0 Å². The predicted octanol–water partition coefficient (Wildman–Crippen LogP) is 4.62. The van der Waals surface area contributed by atoms with Crippen LogP contribution in [0.5, 0.6) is 0 Å². The molecule has 0 radical (unpaired) electrons. The Kier molecular flexibility index (Phi) is 3.40. The molecule has 1 aromatic carbocycles. The molecule has 2 rings (SSSR count). The van der Waals surface area contributed by atoms with Gasteiger partial charge in [-0.3, -0.25) is 4.57 Å². The van der Waals surface area contributed by atoms with Gasteiger partial charge in [-0.25, -0.2) is 0 Å². The second-order valence-electron chi connectivity index (χ2n) is 4.44. The highest BCUT2D eigenvalue weighted by Crippen LogP contribution is 2.24. The molecule has 0 aliphatic heterocycles. The van der Waals surface area contributed by atoms with Crippen molar-refractivity contribution in [3.8, 4) is 5.69 Å². The summed E-state index contributed by atoms with van der Waals surface area (Å²) in [5.41, 5.74) is 3.37. The molecule has 90 valence electrons. The fraction of sp³-hybridized carbons (Fsp3) is 0.308. The van der Waals surface area contributed by atoms with E-state index >= 15 is 0 Å². The largest absolute Gasteiger partial charge is 0.337 e. The number of aromatic nitrogens is 2. The van der Waals surface area contributed by atoms with E-state index in [1.807, 2.05) is 24.4 Å². The van der Waals surface area contributed by atoms with Gasteiger partial charge in [0, 0.05) is 16.9 Å². The number of aryl methyl sites for hydroxylation is 1. The number of halogens is 1. The van der Waals surface area contributed by atoms with Gasteiger partial charge in [0.05, 0.1) is 5.69 Å². The Morgan fingerprint density at radius 3 is 2.71 bits per heavy atom. The molecule has 0 atom stereocenters. The van der Waals surface area contributed by atoms with E-state index in [1.165, 1.54) is 5.69 Å². The molecule has 0 aliphatic carbocycles. The van der Waals surface area contributed by atoms with E-state index < -0.39 is 0 Å². The van der Waals surface area contributed by atoms with Crippen LogP contribution >= 0.6 is 23.8 Å². The van der Waals surface area contributed by atoms with Crippen molar-refractivity contribution in [1.29, 1.82) is 0 Å². The van der Waals surface area contributed by atoms with Crippen molar-refractivity contribution >= 4 is 23.8 Å². The molecule has 17 heavy (non-hydrogen) atoms. The van der Waals surface area contributed by atoms with Crippen molar-refractivity contribution in [3.63, 3.8) is 0 Å². The molecule has 2 aromatic rings. The van der Waals surface area contributed by atoms with E-state index in [0.29, 0.717) is 10.7 Å². The topological polar surface area (TPSA) is 20.7 Å². The van der Waals surface area contributed by atoms with Crippen LogP contribution in [-0.2, 0) is 0 Å². The maximum Gasteiger partial charge on any atom is 0.182 e. The van der Waals surface area contributed by atoms with Gasteiger partial charge in [0.25, 0.3) is 0 Å². The molecule has 0 amide bonds. The fourth-order valence-corrected chi connectivity index (χ4v) is 2.31.